The standard InChI is InChI=1S/C9H7BrClN3OS/c1-5-12-2-6(16-5)3-14-4-13-8(11)7(10)9(14)15/h2,4H,3H2,1H3. The monoisotopic (exact) mass is 319 g/mol. The number of thiazole rings is 1. The lowest BCUT2D eigenvalue weighted by atomic mass is 10.5. The van der Waals surface area contributed by atoms with Gasteiger partial charge >= 0.3 is 0 Å². The van der Waals surface area contributed by atoms with Crippen LogP contribution >= 0.6 is 38.9 Å². The third kappa shape index (κ3) is 2.34. The van der Waals surface area contributed by atoms with E-state index in [0.29, 0.717) is 6.54 Å². The number of halogens is 2. The van der Waals surface area contributed by atoms with Gasteiger partial charge in [0.25, 0.3) is 5.56 Å². The molecule has 0 radical (unpaired) electrons. The van der Waals surface area contributed by atoms with Crippen molar-refractivity contribution in [1.29, 1.82) is 0 Å². The Morgan fingerprint density at radius 3 is 2.94 bits per heavy atom. The molecule has 0 aliphatic carbocycles. The highest BCUT2D eigenvalue weighted by Gasteiger charge is 2.08. The van der Waals surface area contributed by atoms with Crippen LogP contribution in [-0.2, 0) is 6.54 Å². The Bertz CT molecular complexity index is 580. The molecule has 0 aliphatic heterocycles. The highest BCUT2D eigenvalue weighted by Crippen LogP contribution is 2.16. The smallest absolute Gasteiger partial charge is 0.269 e. The first-order valence-electron chi connectivity index (χ1n) is 4.39. The average molecular weight is 321 g/mol. The van der Waals surface area contributed by atoms with Crippen LogP contribution in [0.15, 0.2) is 21.8 Å². The van der Waals surface area contributed by atoms with E-state index in [0.717, 1.165) is 9.88 Å². The molecule has 0 saturated carbocycles. The lowest BCUT2D eigenvalue weighted by molar-refractivity contribution is 0.739. The van der Waals surface area contributed by atoms with Crippen molar-refractivity contribution in [2.45, 2.75) is 13.5 Å². The maximum atomic E-state index is 11.8. The van der Waals surface area contributed by atoms with Crippen LogP contribution in [0.5, 0.6) is 0 Å². The maximum Gasteiger partial charge on any atom is 0.269 e. The highest BCUT2D eigenvalue weighted by molar-refractivity contribution is 9.10. The Balaban J connectivity index is 2.36. The van der Waals surface area contributed by atoms with Crippen molar-refractivity contribution in [3.8, 4) is 0 Å². The van der Waals surface area contributed by atoms with Gasteiger partial charge in [0.05, 0.1) is 17.9 Å². The van der Waals surface area contributed by atoms with Crippen molar-refractivity contribution in [3.05, 3.63) is 42.4 Å². The van der Waals surface area contributed by atoms with Gasteiger partial charge in [-0.15, -0.1) is 11.3 Å². The van der Waals surface area contributed by atoms with Crippen LogP contribution in [-0.4, -0.2) is 14.5 Å². The molecule has 0 spiro atoms. The quantitative estimate of drug-likeness (QED) is 0.799. The largest absolute Gasteiger partial charge is 0.293 e. The van der Waals surface area contributed by atoms with Crippen LogP contribution in [0.2, 0.25) is 5.15 Å². The molecule has 0 atom stereocenters. The van der Waals surface area contributed by atoms with E-state index in [4.69, 9.17) is 11.6 Å². The predicted molar refractivity (Wildman–Crippen MR) is 67.2 cm³/mol. The van der Waals surface area contributed by atoms with Crippen molar-refractivity contribution < 1.29 is 0 Å². The molecule has 7 heteroatoms. The molecule has 0 amide bonds. The normalized spacial score (nSPS) is 10.7. The molecule has 84 valence electrons. The average Bonchev–Trinajstić information content (AvgIpc) is 2.65. The van der Waals surface area contributed by atoms with Gasteiger partial charge in [-0.2, -0.15) is 0 Å². The fourth-order valence-electron chi connectivity index (χ4n) is 1.20. The van der Waals surface area contributed by atoms with E-state index in [2.05, 4.69) is 25.9 Å². The molecule has 0 aliphatic rings. The Kier molecular flexibility index (Phi) is 3.41. The topological polar surface area (TPSA) is 47.8 Å². The summed E-state index contributed by atoms with van der Waals surface area (Å²) in [6, 6.07) is 0. The van der Waals surface area contributed by atoms with Crippen LogP contribution in [0.4, 0.5) is 0 Å². The van der Waals surface area contributed by atoms with Crippen LogP contribution in [0.3, 0.4) is 0 Å². The molecular formula is C9H7BrClN3OS. The first-order valence-corrected chi connectivity index (χ1v) is 6.38. The summed E-state index contributed by atoms with van der Waals surface area (Å²) in [5.74, 6) is 0. The molecule has 2 heterocycles. The number of hydrogen-bond acceptors (Lipinski definition) is 4. The second-order valence-electron chi connectivity index (χ2n) is 3.13. The van der Waals surface area contributed by atoms with Gasteiger partial charge in [0.1, 0.15) is 4.47 Å². The third-order valence-electron chi connectivity index (χ3n) is 1.94. The van der Waals surface area contributed by atoms with Crippen LogP contribution in [0, 0.1) is 6.92 Å². The van der Waals surface area contributed by atoms with Crippen LogP contribution in [0.1, 0.15) is 9.88 Å². The SMILES string of the molecule is Cc1ncc(Cn2cnc(Cl)c(Br)c2=O)s1. The second kappa shape index (κ2) is 4.65. The summed E-state index contributed by atoms with van der Waals surface area (Å²) in [7, 11) is 0. The molecule has 2 rings (SSSR count). The summed E-state index contributed by atoms with van der Waals surface area (Å²) >= 11 is 10.4. The molecule has 0 bridgehead atoms. The van der Waals surface area contributed by atoms with Crippen molar-refractivity contribution >= 4 is 38.9 Å². The van der Waals surface area contributed by atoms with Gasteiger partial charge in [-0.1, -0.05) is 11.6 Å². The Labute approximate surface area is 109 Å². The summed E-state index contributed by atoms with van der Waals surface area (Å²) < 4.78 is 1.78. The van der Waals surface area contributed by atoms with E-state index < -0.39 is 0 Å². The Morgan fingerprint density at radius 1 is 1.56 bits per heavy atom. The van der Waals surface area contributed by atoms with E-state index in [9.17, 15) is 4.79 Å². The molecule has 0 fully saturated rings. The van der Waals surface area contributed by atoms with Crippen molar-refractivity contribution in [2.24, 2.45) is 0 Å². The zero-order valence-corrected chi connectivity index (χ0v) is 11.4. The van der Waals surface area contributed by atoms with Gasteiger partial charge in [-0.3, -0.25) is 9.36 Å². The van der Waals surface area contributed by atoms with E-state index in [1.54, 1.807) is 17.5 Å². The van der Waals surface area contributed by atoms with E-state index >= 15 is 0 Å². The molecule has 16 heavy (non-hydrogen) atoms. The molecule has 0 N–H and O–H groups in total. The third-order valence-corrected chi connectivity index (χ3v) is 4.06. The van der Waals surface area contributed by atoms with Crippen molar-refractivity contribution in [2.75, 3.05) is 0 Å². The van der Waals surface area contributed by atoms with Crippen molar-refractivity contribution in [1.82, 2.24) is 14.5 Å². The summed E-state index contributed by atoms with van der Waals surface area (Å²) in [5.41, 5.74) is -0.189. The van der Waals surface area contributed by atoms with Gasteiger partial charge in [0, 0.05) is 11.1 Å². The zero-order valence-electron chi connectivity index (χ0n) is 8.28. The molecule has 4 nitrogen and oxygen atoms in total. The van der Waals surface area contributed by atoms with Gasteiger partial charge in [0.15, 0.2) is 5.15 Å². The molecule has 2 aromatic rings. The maximum absolute atomic E-state index is 11.8. The highest BCUT2D eigenvalue weighted by atomic mass is 79.9. The lowest BCUT2D eigenvalue weighted by Gasteiger charge is -2.03. The fraction of sp³-hybridized carbons (Fsp3) is 0.222. The van der Waals surface area contributed by atoms with Crippen LogP contribution < -0.4 is 5.56 Å². The van der Waals surface area contributed by atoms with E-state index in [1.165, 1.54) is 10.9 Å². The number of rotatable bonds is 2. The zero-order chi connectivity index (χ0) is 11.7. The molecule has 0 saturated heterocycles. The Morgan fingerprint density at radius 2 is 2.31 bits per heavy atom. The molecule has 2 aromatic heterocycles. The lowest BCUT2D eigenvalue weighted by Crippen LogP contribution is -2.21. The van der Waals surface area contributed by atoms with Gasteiger partial charge in [-0.05, 0) is 22.9 Å². The van der Waals surface area contributed by atoms with Gasteiger partial charge in [0.2, 0.25) is 0 Å². The van der Waals surface area contributed by atoms with Crippen molar-refractivity contribution in [3.63, 3.8) is 0 Å². The Hall–Kier alpha value is -0.720. The summed E-state index contributed by atoms with van der Waals surface area (Å²) in [5, 5.41) is 1.16. The first kappa shape index (κ1) is 11.8. The number of nitrogens with zero attached hydrogens (tertiary/aromatic N) is 3. The summed E-state index contributed by atoms with van der Waals surface area (Å²) in [6.07, 6.45) is 3.19. The summed E-state index contributed by atoms with van der Waals surface area (Å²) in [4.78, 5) is 20.8. The minimum Gasteiger partial charge on any atom is -0.293 e. The summed E-state index contributed by atoms with van der Waals surface area (Å²) in [6.45, 7) is 2.39. The van der Waals surface area contributed by atoms with E-state index in [-0.39, 0.29) is 15.2 Å². The minimum absolute atomic E-state index is 0.182. The molecule has 0 unspecified atom stereocenters. The number of hydrogen-bond donors (Lipinski definition) is 0. The van der Waals surface area contributed by atoms with Gasteiger partial charge < -0.3 is 0 Å². The number of aromatic nitrogens is 3. The molecule has 0 aromatic carbocycles. The van der Waals surface area contributed by atoms with E-state index in [1.807, 2.05) is 6.92 Å². The van der Waals surface area contributed by atoms with Gasteiger partial charge in [-0.25, -0.2) is 9.97 Å². The second-order valence-corrected chi connectivity index (χ2v) is 5.60. The fourth-order valence-corrected chi connectivity index (χ4v) is 2.45. The predicted octanol–water partition coefficient (Wildman–Crippen LogP) is 2.47. The minimum atomic E-state index is -0.189. The first-order chi connectivity index (χ1) is 7.58. The van der Waals surface area contributed by atoms with Crippen LogP contribution in [0.25, 0.3) is 0 Å². The molecular weight excluding hydrogens is 314 g/mol. The number of aryl methyl sites for hydroxylation is 1.